The van der Waals surface area contributed by atoms with E-state index in [1.54, 1.807) is 19.1 Å². The monoisotopic (exact) mass is 469 g/mol. The van der Waals surface area contributed by atoms with E-state index in [0.29, 0.717) is 28.0 Å². The minimum absolute atomic E-state index is 0.114. The van der Waals surface area contributed by atoms with Gasteiger partial charge in [0.1, 0.15) is 11.6 Å². The van der Waals surface area contributed by atoms with Crippen LogP contribution in [-0.4, -0.2) is 25.2 Å². The Bertz CT molecular complexity index is 1230. The highest BCUT2D eigenvalue weighted by Crippen LogP contribution is 2.51. The van der Waals surface area contributed by atoms with Crippen molar-refractivity contribution >= 4 is 11.5 Å². The number of furan rings is 1. The summed E-state index contributed by atoms with van der Waals surface area (Å²) in [5.74, 6) is -0.150. The van der Waals surface area contributed by atoms with Crippen LogP contribution in [0.2, 0.25) is 0 Å². The molecule has 0 fully saturated rings. The van der Waals surface area contributed by atoms with E-state index in [1.807, 2.05) is 0 Å². The minimum Gasteiger partial charge on any atom is -0.502 e. The van der Waals surface area contributed by atoms with Crippen molar-refractivity contribution in [2.24, 2.45) is 0 Å². The Hall–Kier alpha value is -3.81. The van der Waals surface area contributed by atoms with Gasteiger partial charge in [-0.2, -0.15) is 0 Å². The van der Waals surface area contributed by atoms with Gasteiger partial charge in [-0.05, 0) is 65.6 Å². The van der Waals surface area contributed by atoms with Crippen molar-refractivity contribution in [1.82, 2.24) is 5.32 Å². The zero-order valence-electron chi connectivity index (χ0n) is 19.1. The summed E-state index contributed by atoms with van der Waals surface area (Å²) in [5.41, 5.74) is -0.0738. The largest absolute Gasteiger partial charge is 0.502 e. The third-order valence-corrected chi connectivity index (χ3v) is 6.15. The first-order valence-corrected chi connectivity index (χ1v) is 10.7. The summed E-state index contributed by atoms with van der Waals surface area (Å²) >= 11 is 0. The van der Waals surface area contributed by atoms with E-state index in [2.05, 4.69) is 5.32 Å². The first-order chi connectivity index (χ1) is 16.3. The van der Waals surface area contributed by atoms with Gasteiger partial charge in [-0.1, -0.05) is 6.07 Å². The number of ether oxygens (including phenoxy) is 2. The maximum absolute atomic E-state index is 16.7. The SMILES string of the molecule is COc1cc(CC2(F)C(C)=C(CC(=O)NCc3ccco3)c3cc(F)ccc32)cc(OC)c1O. The van der Waals surface area contributed by atoms with Crippen molar-refractivity contribution < 1.29 is 32.6 Å². The van der Waals surface area contributed by atoms with Gasteiger partial charge in [-0.3, -0.25) is 4.79 Å². The number of benzene rings is 2. The van der Waals surface area contributed by atoms with E-state index >= 15 is 4.39 Å². The molecule has 1 heterocycles. The molecule has 0 saturated carbocycles. The second-order valence-electron chi connectivity index (χ2n) is 8.15. The zero-order valence-corrected chi connectivity index (χ0v) is 19.1. The third-order valence-electron chi connectivity index (χ3n) is 6.15. The summed E-state index contributed by atoms with van der Waals surface area (Å²) in [6.45, 7) is 1.81. The lowest BCUT2D eigenvalue weighted by Crippen LogP contribution is -2.24. The van der Waals surface area contributed by atoms with Gasteiger partial charge in [0.2, 0.25) is 11.7 Å². The number of phenolic OH excluding ortho intramolecular Hbond substituents is 1. The molecular formula is C26H25F2NO5. The van der Waals surface area contributed by atoms with Crippen molar-refractivity contribution in [1.29, 1.82) is 0 Å². The molecule has 1 aliphatic rings. The van der Waals surface area contributed by atoms with Crippen LogP contribution >= 0.6 is 0 Å². The average Bonchev–Trinajstić information content (AvgIpc) is 3.40. The maximum atomic E-state index is 16.7. The number of hydrogen-bond donors (Lipinski definition) is 2. The lowest BCUT2D eigenvalue weighted by molar-refractivity contribution is -0.120. The molecule has 0 aliphatic heterocycles. The minimum atomic E-state index is -1.99. The van der Waals surface area contributed by atoms with Crippen LogP contribution in [0.4, 0.5) is 8.78 Å². The lowest BCUT2D eigenvalue weighted by Gasteiger charge is -2.24. The fourth-order valence-electron chi connectivity index (χ4n) is 4.36. The molecule has 1 unspecified atom stereocenters. The highest BCUT2D eigenvalue weighted by Gasteiger charge is 2.44. The van der Waals surface area contributed by atoms with Crippen LogP contribution in [0.25, 0.3) is 5.57 Å². The molecule has 2 aromatic carbocycles. The Morgan fingerprint density at radius 3 is 2.47 bits per heavy atom. The molecular weight excluding hydrogens is 444 g/mol. The molecule has 0 saturated heterocycles. The molecule has 2 N–H and O–H groups in total. The standard InChI is InChI=1S/C26H25F2NO5/c1-15-19(12-24(30)29-14-18-5-4-8-34-18)20-11-17(27)6-7-21(20)26(15,28)13-16-9-22(32-2)25(31)23(10-16)33-3/h4-11,31H,12-14H2,1-3H3,(H,29,30). The summed E-state index contributed by atoms with van der Waals surface area (Å²) in [6.07, 6.45) is 1.27. The van der Waals surface area contributed by atoms with Crippen LogP contribution in [0.3, 0.4) is 0 Å². The number of aromatic hydroxyl groups is 1. The normalized spacial score (nSPS) is 17.0. The Morgan fingerprint density at radius 2 is 1.85 bits per heavy atom. The zero-order chi connectivity index (χ0) is 24.5. The molecule has 178 valence electrons. The van der Waals surface area contributed by atoms with Crippen molar-refractivity contribution in [2.45, 2.75) is 32.0 Å². The van der Waals surface area contributed by atoms with Gasteiger partial charge >= 0.3 is 0 Å². The maximum Gasteiger partial charge on any atom is 0.224 e. The van der Waals surface area contributed by atoms with Gasteiger partial charge in [0.05, 0.1) is 33.4 Å². The lowest BCUT2D eigenvalue weighted by atomic mass is 9.86. The van der Waals surface area contributed by atoms with E-state index in [9.17, 15) is 14.3 Å². The molecule has 1 aromatic heterocycles. The number of methoxy groups -OCH3 is 2. The first kappa shape index (κ1) is 23.4. The second-order valence-corrected chi connectivity index (χ2v) is 8.15. The van der Waals surface area contributed by atoms with Crippen molar-refractivity contribution in [3.05, 3.63) is 82.6 Å². The predicted molar refractivity (Wildman–Crippen MR) is 122 cm³/mol. The number of fused-ring (bicyclic) bond motifs is 1. The van der Waals surface area contributed by atoms with Crippen LogP contribution < -0.4 is 14.8 Å². The van der Waals surface area contributed by atoms with Gasteiger partial charge in [0, 0.05) is 12.0 Å². The van der Waals surface area contributed by atoms with Crippen LogP contribution in [0.5, 0.6) is 17.2 Å². The number of nitrogens with one attached hydrogen (secondary N) is 1. The van der Waals surface area contributed by atoms with Crippen molar-refractivity contribution in [3.63, 3.8) is 0 Å². The topological polar surface area (TPSA) is 80.9 Å². The number of allylic oxidation sites excluding steroid dienone is 1. The third kappa shape index (κ3) is 4.23. The Kier molecular flexibility index (Phi) is 6.32. The molecule has 0 spiro atoms. The van der Waals surface area contributed by atoms with Crippen molar-refractivity contribution in [2.75, 3.05) is 14.2 Å². The number of carbonyl (C=O) groups is 1. The van der Waals surface area contributed by atoms with Crippen LogP contribution in [0, 0.1) is 5.82 Å². The summed E-state index contributed by atoms with van der Waals surface area (Å²) in [5, 5.41) is 12.9. The number of alkyl halides is 1. The molecule has 8 heteroatoms. The van der Waals surface area contributed by atoms with Crippen LogP contribution in [0.1, 0.15) is 35.8 Å². The molecule has 1 atom stereocenters. The Labute approximate surface area is 195 Å². The number of phenols is 1. The fourth-order valence-corrected chi connectivity index (χ4v) is 4.36. The highest BCUT2D eigenvalue weighted by atomic mass is 19.1. The molecule has 3 aromatic rings. The molecule has 6 nitrogen and oxygen atoms in total. The molecule has 34 heavy (non-hydrogen) atoms. The van der Waals surface area contributed by atoms with E-state index in [-0.39, 0.29) is 48.1 Å². The summed E-state index contributed by atoms with van der Waals surface area (Å²) in [4.78, 5) is 12.6. The first-order valence-electron chi connectivity index (χ1n) is 10.7. The fraction of sp³-hybridized carbons (Fsp3) is 0.269. The Morgan fingerprint density at radius 1 is 1.15 bits per heavy atom. The molecule has 0 bridgehead atoms. The number of amides is 1. The van der Waals surface area contributed by atoms with Gasteiger partial charge in [0.15, 0.2) is 17.2 Å². The van der Waals surface area contributed by atoms with Gasteiger partial charge in [-0.15, -0.1) is 0 Å². The van der Waals surface area contributed by atoms with E-state index in [0.717, 1.165) is 0 Å². The van der Waals surface area contributed by atoms with E-state index in [4.69, 9.17) is 13.9 Å². The number of rotatable bonds is 8. The summed E-state index contributed by atoms with van der Waals surface area (Å²) < 4.78 is 46.5. The summed E-state index contributed by atoms with van der Waals surface area (Å²) in [7, 11) is 2.78. The molecule has 0 radical (unpaired) electrons. The van der Waals surface area contributed by atoms with E-state index in [1.165, 1.54) is 50.8 Å². The number of halogens is 2. The predicted octanol–water partition coefficient (Wildman–Crippen LogP) is 5.04. The van der Waals surface area contributed by atoms with Gasteiger partial charge < -0.3 is 24.3 Å². The van der Waals surface area contributed by atoms with Gasteiger partial charge in [-0.25, -0.2) is 8.78 Å². The van der Waals surface area contributed by atoms with Crippen LogP contribution in [0.15, 0.2) is 58.7 Å². The quantitative estimate of drug-likeness (QED) is 0.483. The molecule has 1 amide bonds. The smallest absolute Gasteiger partial charge is 0.224 e. The molecule has 1 aliphatic carbocycles. The average molecular weight is 469 g/mol. The van der Waals surface area contributed by atoms with Gasteiger partial charge in [0.25, 0.3) is 0 Å². The van der Waals surface area contributed by atoms with Crippen LogP contribution in [-0.2, 0) is 23.4 Å². The highest BCUT2D eigenvalue weighted by molar-refractivity contribution is 5.93. The van der Waals surface area contributed by atoms with E-state index < -0.39 is 11.5 Å². The summed E-state index contributed by atoms with van der Waals surface area (Å²) in [6, 6.07) is 10.4. The second kappa shape index (κ2) is 9.21. The molecule has 4 rings (SSSR count). The van der Waals surface area contributed by atoms with Crippen molar-refractivity contribution in [3.8, 4) is 17.2 Å². The number of hydrogen-bond acceptors (Lipinski definition) is 5. The number of carbonyl (C=O) groups excluding carboxylic acids is 1. The Balaban J connectivity index is 1.68.